The van der Waals surface area contributed by atoms with Crippen molar-refractivity contribution < 1.29 is 4.42 Å². The van der Waals surface area contributed by atoms with Crippen LogP contribution in [0.1, 0.15) is 5.56 Å². The van der Waals surface area contributed by atoms with Crippen molar-refractivity contribution in [1.29, 1.82) is 0 Å². The number of benzene rings is 1. The lowest BCUT2D eigenvalue weighted by atomic mass is 10.3. The van der Waals surface area contributed by atoms with Gasteiger partial charge in [0, 0.05) is 24.8 Å². The number of thiocarbonyl (C=S) groups is 1. The van der Waals surface area contributed by atoms with Crippen LogP contribution in [0.2, 0.25) is 0 Å². The molecule has 0 aliphatic heterocycles. The zero-order chi connectivity index (χ0) is 12.1. The van der Waals surface area contributed by atoms with E-state index in [1.54, 1.807) is 12.5 Å². The van der Waals surface area contributed by atoms with Crippen LogP contribution in [0.4, 0.5) is 5.69 Å². The van der Waals surface area contributed by atoms with Gasteiger partial charge in [-0.2, -0.15) is 0 Å². The fourth-order valence-corrected chi connectivity index (χ4v) is 1.65. The number of rotatable bonds is 3. The summed E-state index contributed by atoms with van der Waals surface area (Å²) < 4.78 is 5.02. The number of anilines is 1. The molecule has 1 heterocycles. The maximum atomic E-state index is 5.32. The lowest BCUT2D eigenvalue weighted by Crippen LogP contribution is -2.30. The van der Waals surface area contributed by atoms with E-state index in [0.29, 0.717) is 5.11 Å². The molecular weight excluding hydrogens is 232 g/mol. The fourth-order valence-electron chi connectivity index (χ4n) is 1.47. The van der Waals surface area contributed by atoms with Crippen LogP contribution in [-0.2, 0) is 6.54 Å². The highest BCUT2D eigenvalue weighted by atomic mass is 32.1. The average molecular weight is 246 g/mol. The van der Waals surface area contributed by atoms with E-state index in [1.807, 2.05) is 48.3 Å². The normalized spacial score (nSPS) is 9.94. The Kier molecular flexibility index (Phi) is 3.77. The number of hydrogen-bond acceptors (Lipinski definition) is 2. The van der Waals surface area contributed by atoms with Crippen molar-refractivity contribution in [2.45, 2.75) is 6.54 Å². The summed E-state index contributed by atoms with van der Waals surface area (Å²) in [7, 11) is 1.95. The van der Waals surface area contributed by atoms with Gasteiger partial charge in [0.25, 0.3) is 0 Å². The summed E-state index contributed by atoms with van der Waals surface area (Å²) in [6.45, 7) is 0.731. The first-order valence-electron chi connectivity index (χ1n) is 5.34. The second kappa shape index (κ2) is 5.50. The number of hydrogen-bond donors (Lipinski definition) is 1. The van der Waals surface area contributed by atoms with Gasteiger partial charge < -0.3 is 14.6 Å². The summed E-state index contributed by atoms with van der Waals surface area (Å²) in [4.78, 5) is 1.97. The molecule has 0 spiro atoms. The number of furan rings is 1. The van der Waals surface area contributed by atoms with Crippen molar-refractivity contribution >= 4 is 23.0 Å². The molecule has 1 aromatic heterocycles. The maximum Gasteiger partial charge on any atom is 0.173 e. The van der Waals surface area contributed by atoms with Gasteiger partial charge in [0.15, 0.2) is 5.11 Å². The second-order valence-electron chi connectivity index (χ2n) is 3.78. The minimum absolute atomic E-state index is 0.692. The monoisotopic (exact) mass is 246 g/mol. The van der Waals surface area contributed by atoms with Gasteiger partial charge >= 0.3 is 0 Å². The fraction of sp³-hybridized carbons (Fsp3) is 0.154. The highest BCUT2D eigenvalue weighted by molar-refractivity contribution is 7.80. The molecule has 0 radical (unpaired) electrons. The Morgan fingerprint density at radius 3 is 2.71 bits per heavy atom. The van der Waals surface area contributed by atoms with Gasteiger partial charge in [-0.15, -0.1) is 0 Å². The van der Waals surface area contributed by atoms with Crippen LogP contribution in [0, 0.1) is 0 Å². The SMILES string of the molecule is CN(Cc1ccoc1)C(=S)Nc1ccccc1. The van der Waals surface area contributed by atoms with Gasteiger partial charge in [0.2, 0.25) is 0 Å². The third-order valence-corrected chi connectivity index (χ3v) is 2.79. The minimum atomic E-state index is 0.692. The predicted molar refractivity (Wildman–Crippen MR) is 72.8 cm³/mol. The molecule has 17 heavy (non-hydrogen) atoms. The van der Waals surface area contributed by atoms with Crippen LogP contribution in [0.15, 0.2) is 53.3 Å². The number of nitrogens with one attached hydrogen (secondary N) is 1. The molecule has 0 amide bonds. The summed E-state index contributed by atoms with van der Waals surface area (Å²) in [5, 5.41) is 3.87. The summed E-state index contributed by atoms with van der Waals surface area (Å²) in [6, 6.07) is 11.8. The van der Waals surface area contributed by atoms with Crippen LogP contribution < -0.4 is 5.32 Å². The third kappa shape index (κ3) is 3.32. The Hall–Kier alpha value is -1.81. The van der Waals surface area contributed by atoms with E-state index in [-0.39, 0.29) is 0 Å². The molecule has 0 aliphatic carbocycles. The first-order valence-corrected chi connectivity index (χ1v) is 5.75. The van der Waals surface area contributed by atoms with Gasteiger partial charge in [0.05, 0.1) is 12.5 Å². The summed E-state index contributed by atoms with van der Waals surface area (Å²) >= 11 is 5.32. The Morgan fingerprint density at radius 1 is 1.29 bits per heavy atom. The lowest BCUT2D eigenvalue weighted by molar-refractivity contribution is 0.498. The lowest BCUT2D eigenvalue weighted by Gasteiger charge is -2.20. The Labute approximate surface area is 106 Å². The van der Waals surface area contributed by atoms with Crippen LogP contribution in [0.3, 0.4) is 0 Å². The number of nitrogens with zero attached hydrogens (tertiary/aromatic N) is 1. The molecule has 0 aliphatic rings. The van der Waals surface area contributed by atoms with Crippen molar-refractivity contribution in [3.05, 3.63) is 54.5 Å². The van der Waals surface area contributed by atoms with E-state index in [2.05, 4.69) is 5.32 Å². The molecule has 0 unspecified atom stereocenters. The summed E-state index contributed by atoms with van der Waals surface area (Å²) in [5.74, 6) is 0. The second-order valence-corrected chi connectivity index (χ2v) is 4.17. The standard InChI is InChI=1S/C13H14N2OS/c1-15(9-11-7-8-16-10-11)13(17)14-12-5-3-2-4-6-12/h2-8,10H,9H2,1H3,(H,14,17). The van der Waals surface area contributed by atoms with Gasteiger partial charge in [-0.3, -0.25) is 0 Å². The Morgan fingerprint density at radius 2 is 2.06 bits per heavy atom. The Balaban J connectivity index is 1.92. The van der Waals surface area contributed by atoms with E-state index in [4.69, 9.17) is 16.6 Å². The van der Waals surface area contributed by atoms with Crippen molar-refractivity contribution in [3.8, 4) is 0 Å². The largest absolute Gasteiger partial charge is 0.472 e. The minimum Gasteiger partial charge on any atom is -0.472 e. The van der Waals surface area contributed by atoms with Crippen LogP contribution >= 0.6 is 12.2 Å². The van der Waals surface area contributed by atoms with Crippen molar-refractivity contribution in [2.24, 2.45) is 0 Å². The molecule has 2 aromatic rings. The topological polar surface area (TPSA) is 28.4 Å². The average Bonchev–Trinajstić information content (AvgIpc) is 2.83. The zero-order valence-corrected chi connectivity index (χ0v) is 10.4. The van der Waals surface area contributed by atoms with E-state index < -0.39 is 0 Å². The first-order chi connectivity index (χ1) is 8.25. The maximum absolute atomic E-state index is 5.32. The molecule has 1 aromatic carbocycles. The van der Waals surface area contributed by atoms with Crippen LogP contribution in [0.25, 0.3) is 0 Å². The number of para-hydroxylation sites is 1. The molecule has 0 saturated carbocycles. The first kappa shape index (κ1) is 11.7. The van der Waals surface area contributed by atoms with E-state index >= 15 is 0 Å². The van der Waals surface area contributed by atoms with E-state index in [0.717, 1.165) is 17.8 Å². The molecule has 3 nitrogen and oxygen atoms in total. The van der Waals surface area contributed by atoms with E-state index in [9.17, 15) is 0 Å². The highest BCUT2D eigenvalue weighted by Crippen LogP contribution is 2.08. The quantitative estimate of drug-likeness (QED) is 0.842. The highest BCUT2D eigenvalue weighted by Gasteiger charge is 2.05. The summed E-state index contributed by atoms with van der Waals surface area (Å²) in [5.41, 5.74) is 2.10. The van der Waals surface area contributed by atoms with Crippen molar-refractivity contribution in [1.82, 2.24) is 4.90 Å². The molecule has 0 bridgehead atoms. The molecule has 0 atom stereocenters. The molecular formula is C13H14N2OS. The van der Waals surface area contributed by atoms with Crippen molar-refractivity contribution in [2.75, 3.05) is 12.4 Å². The molecule has 1 N–H and O–H groups in total. The smallest absolute Gasteiger partial charge is 0.173 e. The van der Waals surface area contributed by atoms with Crippen LogP contribution in [0.5, 0.6) is 0 Å². The van der Waals surface area contributed by atoms with Gasteiger partial charge in [-0.1, -0.05) is 18.2 Å². The zero-order valence-electron chi connectivity index (χ0n) is 9.59. The van der Waals surface area contributed by atoms with E-state index in [1.165, 1.54) is 0 Å². The molecule has 0 saturated heterocycles. The third-order valence-electron chi connectivity index (χ3n) is 2.37. The van der Waals surface area contributed by atoms with Gasteiger partial charge in [-0.05, 0) is 30.4 Å². The molecule has 0 fully saturated rings. The van der Waals surface area contributed by atoms with Gasteiger partial charge in [-0.25, -0.2) is 0 Å². The molecule has 88 valence electrons. The van der Waals surface area contributed by atoms with Crippen LogP contribution in [-0.4, -0.2) is 17.1 Å². The Bertz CT molecular complexity index is 467. The summed E-state index contributed by atoms with van der Waals surface area (Å²) in [6.07, 6.45) is 3.39. The van der Waals surface area contributed by atoms with Crippen molar-refractivity contribution in [3.63, 3.8) is 0 Å². The van der Waals surface area contributed by atoms with Gasteiger partial charge in [0.1, 0.15) is 0 Å². The molecule has 2 rings (SSSR count). The predicted octanol–water partition coefficient (Wildman–Crippen LogP) is 3.11. The molecule has 4 heteroatoms.